The highest BCUT2D eigenvalue weighted by molar-refractivity contribution is 7.94. The Bertz CT molecular complexity index is 282. The normalized spacial score (nSPS) is 8.38. The molecule has 0 atom stereocenters. The molecule has 0 amide bonds. The average Bonchev–Trinajstić information content (AvgIpc) is 1.60. The highest BCUT2D eigenvalue weighted by Gasteiger charge is 2.20. The third-order valence-electron chi connectivity index (χ3n) is 0.261. The second-order valence-electron chi connectivity index (χ2n) is 0.979. The van der Waals surface area contributed by atoms with Crippen LogP contribution in [-0.4, -0.2) is 54.0 Å². The minimum atomic E-state index is -5.17. The van der Waals surface area contributed by atoms with Crippen LogP contribution in [0.25, 0.3) is 0 Å². The molecule has 0 fully saturated rings. The molecule has 14 nitrogen and oxygen atoms in total. The molecule has 0 unspecified atom stereocenters. The zero-order valence-electron chi connectivity index (χ0n) is 7.37. The van der Waals surface area contributed by atoms with Gasteiger partial charge in [0, 0.05) is 0 Å². The molecular weight excluding hydrogens is 286 g/mol. The molecular formula is H15NO13S2. The largest absolute Gasteiger partial charge is 0.442 e. The lowest BCUT2D eigenvalue weighted by Gasteiger charge is -1.93. The van der Waals surface area contributed by atoms with Gasteiger partial charge in [0.15, 0.2) is 0 Å². The minimum Gasteiger partial charge on any atom is -0.412 e. The highest BCUT2D eigenvalue weighted by atomic mass is 32.3. The van der Waals surface area contributed by atoms with Crippen LogP contribution in [0.2, 0.25) is 0 Å². The van der Waals surface area contributed by atoms with Gasteiger partial charge >= 0.3 is 20.8 Å². The molecule has 110 valence electrons. The molecule has 15 N–H and O–H groups in total. The molecule has 0 aromatic rings. The SMILES string of the molecule is N.O.O.O.O.O.O=S(=O)(O)OS(=O)(=O)OO. The minimum absolute atomic E-state index is 0. The molecule has 0 spiro atoms. The van der Waals surface area contributed by atoms with Crippen LogP contribution < -0.4 is 6.15 Å². The summed E-state index contributed by atoms with van der Waals surface area (Å²) in [5.74, 6) is 0. The van der Waals surface area contributed by atoms with Crippen LogP contribution in [0.1, 0.15) is 0 Å². The van der Waals surface area contributed by atoms with Crippen molar-refractivity contribution in [2.45, 2.75) is 0 Å². The second-order valence-corrected chi connectivity index (χ2v) is 3.34. The predicted octanol–water partition coefficient (Wildman–Crippen LogP) is -5.42. The van der Waals surface area contributed by atoms with Crippen molar-refractivity contribution in [3.05, 3.63) is 0 Å². The number of rotatable bonds is 3. The summed E-state index contributed by atoms with van der Waals surface area (Å²) in [6.45, 7) is 0. The summed E-state index contributed by atoms with van der Waals surface area (Å²) < 4.78 is 51.7. The van der Waals surface area contributed by atoms with Gasteiger partial charge in [-0.25, -0.2) is 5.26 Å². The van der Waals surface area contributed by atoms with E-state index in [1.54, 1.807) is 0 Å². The lowest BCUT2D eigenvalue weighted by Crippen LogP contribution is -2.13. The van der Waals surface area contributed by atoms with E-state index in [-0.39, 0.29) is 33.5 Å². The van der Waals surface area contributed by atoms with Crippen molar-refractivity contribution in [3.8, 4) is 0 Å². The fourth-order valence-electron chi connectivity index (χ4n) is 0.118. The van der Waals surface area contributed by atoms with Gasteiger partial charge < -0.3 is 33.5 Å². The van der Waals surface area contributed by atoms with Crippen molar-refractivity contribution in [2.24, 2.45) is 0 Å². The molecule has 16 heteroatoms. The zero-order chi connectivity index (χ0) is 8.41. The van der Waals surface area contributed by atoms with E-state index in [1.807, 2.05) is 0 Å². The summed E-state index contributed by atoms with van der Waals surface area (Å²) in [6.07, 6.45) is 0. The van der Waals surface area contributed by atoms with Crippen molar-refractivity contribution in [3.63, 3.8) is 0 Å². The summed E-state index contributed by atoms with van der Waals surface area (Å²) >= 11 is 0. The van der Waals surface area contributed by atoms with Gasteiger partial charge in [0.25, 0.3) is 0 Å². The third kappa shape index (κ3) is 29.2. The summed E-state index contributed by atoms with van der Waals surface area (Å²) in [5.41, 5.74) is 0. The van der Waals surface area contributed by atoms with Crippen molar-refractivity contribution >= 4 is 20.8 Å². The van der Waals surface area contributed by atoms with Gasteiger partial charge in [-0.05, 0) is 0 Å². The Balaban J connectivity index is -0.0000000270. The van der Waals surface area contributed by atoms with E-state index < -0.39 is 20.8 Å². The molecule has 16 heavy (non-hydrogen) atoms. The van der Waals surface area contributed by atoms with Crippen molar-refractivity contribution in [1.82, 2.24) is 6.15 Å². The average molecular weight is 301 g/mol. The Kier molecular flexibility index (Phi) is 40.9. The highest BCUT2D eigenvalue weighted by Crippen LogP contribution is 1.97. The Labute approximate surface area is 89.7 Å². The Morgan fingerprint density at radius 1 is 0.812 bits per heavy atom. The number of hydrogen-bond acceptors (Lipinski definition) is 8. The molecule has 0 heterocycles. The maximum Gasteiger partial charge on any atom is 0.442 e. The lowest BCUT2D eigenvalue weighted by atomic mass is 14.0. The summed E-state index contributed by atoms with van der Waals surface area (Å²) in [5, 5.41) is 7.37. The predicted molar refractivity (Wildman–Crippen MR) is 48.4 cm³/mol. The quantitative estimate of drug-likeness (QED) is 0.253. The Hall–Kier alpha value is -0.500. The maximum absolute atomic E-state index is 9.78. The standard InChI is InChI=1S/H3N.H2O8S2.5H2O/c;1-7-10(5,6)8-9(2,3)4;;;;;/h1H3;1H,(H,2,3,4);5*1H2. The van der Waals surface area contributed by atoms with Gasteiger partial charge in [0.1, 0.15) is 0 Å². The smallest absolute Gasteiger partial charge is 0.412 e. The molecule has 0 aliphatic carbocycles. The molecule has 0 saturated carbocycles. The first kappa shape index (κ1) is 45.1. The van der Waals surface area contributed by atoms with E-state index in [0.717, 1.165) is 0 Å². The maximum atomic E-state index is 9.78. The second kappa shape index (κ2) is 14.5. The first-order valence-electron chi connectivity index (χ1n) is 1.53. The van der Waals surface area contributed by atoms with Crippen LogP contribution in [0, 0.1) is 0 Å². The van der Waals surface area contributed by atoms with Gasteiger partial charge in [0.05, 0.1) is 0 Å². The van der Waals surface area contributed by atoms with Crippen LogP contribution in [0.4, 0.5) is 0 Å². The van der Waals surface area contributed by atoms with Gasteiger partial charge in [0.2, 0.25) is 0 Å². The molecule has 0 aliphatic rings. The molecule has 0 aromatic heterocycles. The van der Waals surface area contributed by atoms with Crippen LogP contribution in [-0.2, 0) is 28.8 Å². The van der Waals surface area contributed by atoms with Crippen molar-refractivity contribution in [2.75, 3.05) is 0 Å². The summed E-state index contributed by atoms with van der Waals surface area (Å²) in [4.78, 5) is 0. The summed E-state index contributed by atoms with van der Waals surface area (Å²) in [6, 6.07) is 0. The molecule has 0 bridgehead atoms. The van der Waals surface area contributed by atoms with Crippen molar-refractivity contribution < 1.29 is 62.0 Å². The van der Waals surface area contributed by atoms with Crippen LogP contribution in [0.3, 0.4) is 0 Å². The Morgan fingerprint density at radius 3 is 1.12 bits per heavy atom. The number of hydrogen-bond donors (Lipinski definition) is 3. The first-order valence-corrected chi connectivity index (χ1v) is 4.23. The van der Waals surface area contributed by atoms with E-state index in [2.05, 4.69) is 7.96 Å². The summed E-state index contributed by atoms with van der Waals surface area (Å²) in [7, 11) is -10.2. The van der Waals surface area contributed by atoms with E-state index in [4.69, 9.17) is 9.81 Å². The van der Waals surface area contributed by atoms with Gasteiger partial charge in [-0.3, -0.25) is 4.55 Å². The molecule has 0 saturated heterocycles. The topological polar surface area (TPSA) is 320 Å². The van der Waals surface area contributed by atoms with Crippen LogP contribution in [0.15, 0.2) is 0 Å². The molecule has 0 radical (unpaired) electrons. The van der Waals surface area contributed by atoms with E-state index >= 15 is 0 Å². The molecule has 0 aromatic carbocycles. The van der Waals surface area contributed by atoms with Gasteiger partial charge in [-0.1, -0.05) is 7.96 Å². The molecule has 0 rings (SSSR count). The Morgan fingerprint density at radius 2 is 1.06 bits per heavy atom. The van der Waals surface area contributed by atoms with E-state index in [9.17, 15) is 16.8 Å². The molecule has 0 aliphatic heterocycles. The first-order chi connectivity index (χ1) is 4.27. The lowest BCUT2D eigenvalue weighted by molar-refractivity contribution is -0.138. The zero-order valence-corrected chi connectivity index (χ0v) is 9.00. The monoisotopic (exact) mass is 301 g/mol. The van der Waals surface area contributed by atoms with Crippen molar-refractivity contribution in [1.29, 1.82) is 0 Å². The third-order valence-corrected chi connectivity index (χ3v) is 1.80. The fraction of sp³-hybridized carbons (Fsp3) is 0. The van der Waals surface area contributed by atoms with Gasteiger partial charge in [-0.15, -0.1) is 0 Å². The van der Waals surface area contributed by atoms with Crippen LogP contribution >= 0.6 is 0 Å². The van der Waals surface area contributed by atoms with Gasteiger partial charge in [-0.2, -0.15) is 16.8 Å². The van der Waals surface area contributed by atoms with E-state index in [1.165, 1.54) is 0 Å². The van der Waals surface area contributed by atoms with Crippen LogP contribution in [0.5, 0.6) is 0 Å². The fourth-order valence-corrected chi connectivity index (χ4v) is 1.06. The van der Waals surface area contributed by atoms with E-state index in [0.29, 0.717) is 0 Å².